The van der Waals surface area contributed by atoms with Crippen LogP contribution in [0.2, 0.25) is 0 Å². The summed E-state index contributed by atoms with van der Waals surface area (Å²) in [6, 6.07) is 7.70. The van der Waals surface area contributed by atoms with Gasteiger partial charge in [-0.2, -0.15) is 0 Å². The zero-order valence-electron chi connectivity index (χ0n) is 11.2. The van der Waals surface area contributed by atoms with Crippen molar-refractivity contribution < 1.29 is 4.74 Å². The lowest BCUT2D eigenvalue weighted by atomic mass is 10.1. The Morgan fingerprint density at radius 3 is 2.68 bits per heavy atom. The van der Waals surface area contributed by atoms with E-state index in [9.17, 15) is 0 Å². The average Bonchev–Trinajstić information content (AvgIpc) is 2.35. The van der Waals surface area contributed by atoms with Gasteiger partial charge in [0.2, 0.25) is 5.88 Å². The van der Waals surface area contributed by atoms with E-state index in [1.54, 1.807) is 12.3 Å². The van der Waals surface area contributed by atoms with Gasteiger partial charge < -0.3 is 10.5 Å². The zero-order chi connectivity index (χ0) is 14.0. The number of nitrogens with two attached hydrogens (primary N) is 1. The summed E-state index contributed by atoms with van der Waals surface area (Å²) in [6.07, 6.45) is 1.66. The minimum atomic E-state index is 0.283. The van der Waals surface area contributed by atoms with Crippen molar-refractivity contribution in [3.63, 3.8) is 0 Å². The molecule has 0 unspecified atom stereocenters. The third-order valence-corrected chi connectivity index (χ3v) is 3.23. The predicted molar refractivity (Wildman–Crippen MR) is 80.9 cm³/mol. The van der Waals surface area contributed by atoms with Crippen LogP contribution in [0.25, 0.3) is 0 Å². The summed E-state index contributed by atoms with van der Waals surface area (Å²) < 4.78 is 5.88. The van der Waals surface area contributed by atoms with Crippen molar-refractivity contribution in [3.8, 4) is 11.6 Å². The molecule has 3 nitrogen and oxygen atoms in total. The van der Waals surface area contributed by atoms with E-state index in [-0.39, 0.29) is 4.99 Å². The van der Waals surface area contributed by atoms with Crippen LogP contribution >= 0.6 is 12.2 Å². The third kappa shape index (κ3) is 2.90. The predicted octanol–water partition coefficient (Wildman–Crippen LogP) is 3.43. The maximum atomic E-state index is 5.88. The summed E-state index contributed by atoms with van der Waals surface area (Å²) >= 11 is 5.01. The molecular weight excluding hydrogens is 256 g/mol. The molecule has 2 aromatic rings. The van der Waals surface area contributed by atoms with Gasteiger partial charge in [-0.3, -0.25) is 0 Å². The highest BCUT2D eigenvalue weighted by molar-refractivity contribution is 7.80. The first-order chi connectivity index (χ1) is 8.99. The molecule has 0 atom stereocenters. The Bertz CT molecular complexity index is 638. The molecule has 0 bridgehead atoms. The number of nitrogens with zero attached hydrogens (tertiary/aromatic N) is 1. The van der Waals surface area contributed by atoms with Gasteiger partial charge in [-0.1, -0.05) is 18.3 Å². The molecule has 19 heavy (non-hydrogen) atoms. The van der Waals surface area contributed by atoms with Crippen molar-refractivity contribution in [1.82, 2.24) is 4.98 Å². The smallest absolute Gasteiger partial charge is 0.229 e. The lowest BCUT2D eigenvalue weighted by Crippen LogP contribution is -2.11. The molecule has 0 aliphatic rings. The van der Waals surface area contributed by atoms with E-state index in [0.29, 0.717) is 11.4 Å². The minimum Gasteiger partial charge on any atom is -0.438 e. The fourth-order valence-corrected chi connectivity index (χ4v) is 2.03. The number of aryl methyl sites for hydroxylation is 2. The second-order valence-corrected chi connectivity index (χ2v) is 4.97. The molecule has 0 aliphatic heterocycles. The van der Waals surface area contributed by atoms with Crippen LogP contribution in [0.15, 0.2) is 30.5 Å². The maximum Gasteiger partial charge on any atom is 0.229 e. The molecule has 98 valence electrons. The van der Waals surface area contributed by atoms with Crippen LogP contribution in [0, 0.1) is 20.8 Å². The second kappa shape index (κ2) is 5.36. The van der Waals surface area contributed by atoms with Crippen molar-refractivity contribution in [1.29, 1.82) is 0 Å². The van der Waals surface area contributed by atoms with Crippen LogP contribution in [0.1, 0.15) is 22.3 Å². The normalized spacial score (nSPS) is 10.3. The highest BCUT2D eigenvalue weighted by Crippen LogP contribution is 2.29. The SMILES string of the molecule is Cc1cc(C)c(C)c(Oc2ncccc2C(N)=S)c1. The van der Waals surface area contributed by atoms with Crippen LogP contribution in [0.3, 0.4) is 0 Å². The quantitative estimate of drug-likeness (QED) is 0.870. The molecule has 0 radical (unpaired) electrons. The molecular formula is C15H16N2OS. The molecule has 2 rings (SSSR count). The first-order valence-electron chi connectivity index (χ1n) is 5.99. The van der Waals surface area contributed by atoms with Crippen molar-refractivity contribution in [2.24, 2.45) is 5.73 Å². The zero-order valence-corrected chi connectivity index (χ0v) is 12.0. The van der Waals surface area contributed by atoms with E-state index in [0.717, 1.165) is 16.9 Å². The lowest BCUT2D eigenvalue weighted by molar-refractivity contribution is 0.457. The van der Waals surface area contributed by atoms with E-state index in [1.165, 1.54) is 5.56 Å². The first-order valence-corrected chi connectivity index (χ1v) is 6.40. The standard InChI is InChI=1S/C15H16N2OS/c1-9-7-10(2)11(3)13(8-9)18-15-12(14(16)19)5-4-6-17-15/h4-8H,1-3H3,(H2,16,19). The fourth-order valence-electron chi connectivity index (χ4n) is 1.87. The maximum absolute atomic E-state index is 5.88. The number of ether oxygens (including phenoxy) is 1. The van der Waals surface area contributed by atoms with Crippen LogP contribution in [-0.2, 0) is 0 Å². The largest absolute Gasteiger partial charge is 0.438 e. The van der Waals surface area contributed by atoms with Crippen LogP contribution in [0.4, 0.5) is 0 Å². The molecule has 0 fully saturated rings. The minimum absolute atomic E-state index is 0.283. The fraction of sp³-hybridized carbons (Fsp3) is 0.200. The lowest BCUT2D eigenvalue weighted by Gasteiger charge is -2.13. The summed E-state index contributed by atoms with van der Waals surface area (Å²) in [4.78, 5) is 4.49. The van der Waals surface area contributed by atoms with Gasteiger partial charge in [0, 0.05) is 6.20 Å². The van der Waals surface area contributed by atoms with Gasteiger partial charge in [0.25, 0.3) is 0 Å². The molecule has 0 spiro atoms. The Morgan fingerprint density at radius 2 is 2.00 bits per heavy atom. The number of thiocarbonyl (C=S) groups is 1. The Hall–Kier alpha value is -1.94. The van der Waals surface area contributed by atoms with Crippen molar-refractivity contribution in [2.75, 3.05) is 0 Å². The van der Waals surface area contributed by atoms with Gasteiger partial charge in [0.15, 0.2) is 0 Å². The van der Waals surface area contributed by atoms with Gasteiger partial charge in [0.1, 0.15) is 10.7 Å². The van der Waals surface area contributed by atoms with Crippen molar-refractivity contribution in [3.05, 3.63) is 52.7 Å². The van der Waals surface area contributed by atoms with Crippen LogP contribution in [0.5, 0.6) is 11.6 Å². The third-order valence-electron chi connectivity index (χ3n) is 3.01. The molecule has 4 heteroatoms. The van der Waals surface area contributed by atoms with E-state index < -0.39 is 0 Å². The Morgan fingerprint density at radius 1 is 1.26 bits per heavy atom. The molecule has 1 aromatic heterocycles. The molecule has 0 aliphatic carbocycles. The monoisotopic (exact) mass is 272 g/mol. The molecule has 1 aromatic carbocycles. The van der Waals surface area contributed by atoms with E-state index in [1.807, 2.05) is 26.0 Å². The summed E-state index contributed by atoms with van der Waals surface area (Å²) in [5.74, 6) is 1.23. The highest BCUT2D eigenvalue weighted by atomic mass is 32.1. The number of benzene rings is 1. The van der Waals surface area contributed by atoms with Gasteiger partial charge in [-0.15, -0.1) is 0 Å². The van der Waals surface area contributed by atoms with Gasteiger partial charge in [-0.05, 0) is 55.7 Å². The number of hydrogen-bond acceptors (Lipinski definition) is 3. The summed E-state index contributed by atoms with van der Waals surface area (Å²) in [5, 5.41) is 0. The number of hydrogen-bond donors (Lipinski definition) is 1. The van der Waals surface area contributed by atoms with Crippen molar-refractivity contribution >= 4 is 17.2 Å². The number of pyridine rings is 1. The number of aromatic nitrogens is 1. The summed E-state index contributed by atoms with van der Waals surface area (Å²) in [7, 11) is 0. The summed E-state index contributed by atoms with van der Waals surface area (Å²) in [6.45, 7) is 6.11. The molecule has 1 heterocycles. The van der Waals surface area contributed by atoms with Gasteiger partial charge >= 0.3 is 0 Å². The Balaban J connectivity index is 2.45. The molecule has 2 N–H and O–H groups in total. The highest BCUT2D eigenvalue weighted by Gasteiger charge is 2.11. The van der Waals surface area contributed by atoms with Gasteiger partial charge in [0.05, 0.1) is 5.56 Å². The van der Waals surface area contributed by atoms with Gasteiger partial charge in [-0.25, -0.2) is 4.98 Å². The Labute approximate surface area is 118 Å². The molecule has 0 saturated carbocycles. The van der Waals surface area contributed by atoms with Crippen LogP contribution < -0.4 is 10.5 Å². The first kappa shape index (κ1) is 13.5. The average molecular weight is 272 g/mol. The number of rotatable bonds is 3. The Kier molecular flexibility index (Phi) is 3.81. The topological polar surface area (TPSA) is 48.1 Å². The summed E-state index contributed by atoms with van der Waals surface area (Å²) in [5.41, 5.74) is 9.74. The van der Waals surface area contributed by atoms with E-state index >= 15 is 0 Å². The second-order valence-electron chi connectivity index (χ2n) is 4.53. The molecule has 0 amide bonds. The van der Waals surface area contributed by atoms with Crippen molar-refractivity contribution in [2.45, 2.75) is 20.8 Å². The van der Waals surface area contributed by atoms with E-state index in [4.69, 9.17) is 22.7 Å². The van der Waals surface area contributed by atoms with Crippen LogP contribution in [-0.4, -0.2) is 9.97 Å². The van der Waals surface area contributed by atoms with E-state index in [2.05, 4.69) is 18.0 Å². The molecule has 0 saturated heterocycles.